The lowest BCUT2D eigenvalue weighted by Crippen LogP contribution is -2.50. The molecule has 1 aliphatic heterocycles. The Morgan fingerprint density at radius 1 is 1.00 bits per heavy atom. The smallest absolute Gasteiger partial charge is 0.290 e. The van der Waals surface area contributed by atoms with E-state index in [0.29, 0.717) is 68.2 Å². The number of ketones is 1. The number of carbonyl (C=O) groups excluding carboxylic acids is 2. The molecule has 7 heteroatoms. The van der Waals surface area contributed by atoms with Gasteiger partial charge in [0.1, 0.15) is 17.1 Å². The van der Waals surface area contributed by atoms with Gasteiger partial charge in [-0.1, -0.05) is 37.3 Å². The van der Waals surface area contributed by atoms with E-state index in [1.165, 1.54) is 0 Å². The molecule has 7 nitrogen and oxygen atoms in total. The molecule has 0 spiro atoms. The summed E-state index contributed by atoms with van der Waals surface area (Å²) < 4.78 is 11.9. The number of ether oxygens (including phenoxy) is 1. The Balaban J connectivity index is 1.47. The molecule has 0 unspecified atom stereocenters. The number of Topliss-reactive ketones (excluding diaryl/α,β-unsaturated/α-hetero) is 1. The van der Waals surface area contributed by atoms with Crippen molar-refractivity contribution in [2.24, 2.45) is 0 Å². The molecule has 3 aromatic rings. The van der Waals surface area contributed by atoms with E-state index in [1.54, 1.807) is 17.0 Å². The summed E-state index contributed by atoms with van der Waals surface area (Å²) in [4.78, 5) is 41.6. The first-order valence-corrected chi connectivity index (χ1v) is 11.8. The molecule has 0 saturated carbocycles. The van der Waals surface area contributed by atoms with Crippen molar-refractivity contribution in [1.29, 1.82) is 0 Å². The molecular formula is C27H30N2O5. The molecule has 1 amide bonds. The summed E-state index contributed by atoms with van der Waals surface area (Å²) in [6.07, 6.45) is 0.744. The van der Waals surface area contributed by atoms with Gasteiger partial charge >= 0.3 is 0 Å². The summed E-state index contributed by atoms with van der Waals surface area (Å²) in [6.45, 7) is 7.07. The Morgan fingerprint density at radius 3 is 2.41 bits per heavy atom. The largest absolute Gasteiger partial charge is 0.493 e. The Kier molecular flexibility index (Phi) is 7.43. The number of benzene rings is 2. The lowest BCUT2D eigenvalue weighted by molar-refractivity contribution is -0.145. The van der Waals surface area contributed by atoms with E-state index in [4.69, 9.17) is 9.15 Å². The highest BCUT2D eigenvalue weighted by Gasteiger charge is 2.27. The fourth-order valence-corrected chi connectivity index (χ4v) is 4.29. The number of aryl methyl sites for hydroxylation is 1. The SMILES string of the molecule is CCOc1ccc2c(=O)cc(CC)oc2c1CN1CCN(C(=O)C(=O)Cc2ccccc2)CC1. The molecule has 1 aromatic heterocycles. The summed E-state index contributed by atoms with van der Waals surface area (Å²) in [5.41, 5.74) is 2.18. The van der Waals surface area contributed by atoms with Gasteiger partial charge in [0.15, 0.2) is 5.43 Å². The van der Waals surface area contributed by atoms with Crippen LogP contribution in [0.25, 0.3) is 11.0 Å². The lowest BCUT2D eigenvalue weighted by Gasteiger charge is -2.34. The van der Waals surface area contributed by atoms with Gasteiger partial charge in [-0.15, -0.1) is 0 Å². The van der Waals surface area contributed by atoms with Gasteiger partial charge in [0.25, 0.3) is 5.91 Å². The van der Waals surface area contributed by atoms with Crippen molar-refractivity contribution in [2.75, 3.05) is 32.8 Å². The van der Waals surface area contributed by atoms with Crippen molar-refractivity contribution in [3.05, 3.63) is 75.6 Å². The van der Waals surface area contributed by atoms with Gasteiger partial charge in [-0.2, -0.15) is 0 Å². The van der Waals surface area contributed by atoms with Crippen LogP contribution in [0.5, 0.6) is 5.75 Å². The van der Waals surface area contributed by atoms with Gasteiger partial charge in [-0.25, -0.2) is 0 Å². The van der Waals surface area contributed by atoms with E-state index in [2.05, 4.69) is 4.90 Å². The van der Waals surface area contributed by atoms with Crippen LogP contribution in [0.4, 0.5) is 0 Å². The zero-order valence-electron chi connectivity index (χ0n) is 19.7. The fourth-order valence-electron chi connectivity index (χ4n) is 4.29. The molecule has 178 valence electrons. The average Bonchev–Trinajstić information content (AvgIpc) is 2.86. The minimum absolute atomic E-state index is 0.0604. The van der Waals surface area contributed by atoms with Gasteiger partial charge in [0.2, 0.25) is 5.78 Å². The zero-order valence-corrected chi connectivity index (χ0v) is 19.7. The van der Waals surface area contributed by atoms with Gasteiger partial charge in [0, 0.05) is 51.6 Å². The van der Waals surface area contributed by atoms with Crippen LogP contribution in [-0.4, -0.2) is 54.3 Å². The number of carbonyl (C=O) groups is 2. The number of fused-ring (bicyclic) bond motifs is 1. The monoisotopic (exact) mass is 462 g/mol. The maximum absolute atomic E-state index is 12.7. The molecule has 0 bridgehead atoms. The summed E-state index contributed by atoms with van der Waals surface area (Å²) in [7, 11) is 0. The van der Waals surface area contributed by atoms with Gasteiger partial charge in [0.05, 0.1) is 17.6 Å². The number of piperazine rings is 1. The highest BCUT2D eigenvalue weighted by atomic mass is 16.5. The molecule has 0 radical (unpaired) electrons. The van der Waals surface area contributed by atoms with Gasteiger partial charge in [-0.3, -0.25) is 19.3 Å². The molecule has 1 fully saturated rings. The second kappa shape index (κ2) is 10.7. The molecule has 2 heterocycles. The topological polar surface area (TPSA) is 80.1 Å². The zero-order chi connectivity index (χ0) is 24.1. The molecule has 1 aliphatic rings. The van der Waals surface area contributed by atoms with Crippen LogP contribution in [-0.2, 0) is 29.0 Å². The first-order chi connectivity index (χ1) is 16.5. The predicted molar refractivity (Wildman–Crippen MR) is 130 cm³/mol. The third kappa shape index (κ3) is 5.20. The van der Waals surface area contributed by atoms with Crippen molar-refractivity contribution >= 4 is 22.7 Å². The number of amides is 1. The molecule has 2 aromatic carbocycles. The summed E-state index contributed by atoms with van der Waals surface area (Å²) in [5, 5.41) is 0.538. The standard InChI is InChI=1S/C27H30N2O5/c1-3-20-17-23(30)21-10-11-25(33-4-2)22(26(21)34-20)18-28-12-14-29(15-13-28)27(32)24(31)16-19-8-6-5-7-9-19/h5-11,17H,3-4,12-16,18H2,1-2H3. The maximum Gasteiger partial charge on any atom is 0.290 e. The van der Waals surface area contributed by atoms with Gasteiger partial charge in [-0.05, 0) is 24.6 Å². The second-order valence-corrected chi connectivity index (χ2v) is 8.44. The minimum Gasteiger partial charge on any atom is -0.493 e. The van der Waals surface area contributed by atoms with Crippen molar-refractivity contribution < 1.29 is 18.7 Å². The number of nitrogens with zero attached hydrogens (tertiary/aromatic N) is 2. The molecule has 0 atom stereocenters. The first kappa shape index (κ1) is 23.7. The molecule has 0 aliphatic carbocycles. The first-order valence-electron chi connectivity index (χ1n) is 11.8. The minimum atomic E-state index is -0.428. The normalized spacial score (nSPS) is 14.4. The fraction of sp³-hybridized carbons (Fsp3) is 0.370. The van der Waals surface area contributed by atoms with Crippen molar-refractivity contribution in [2.45, 2.75) is 33.2 Å². The number of rotatable bonds is 8. The Labute approximate surface area is 198 Å². The Hall–Kier alpha value is -3.45. The number of hydrogen-bond acceptors (Lipinski definition) is 6. The summed E-state index contributed by atoms with van der Waals surface area (Å²) >= 11 is 0. The van der Waals surface area contributed by atoms with E-state index < -0.39 is 5.91 Å². The van der Waals surface area contributed by atoms with E-state index >= 15 is 0 Å². The van der Waals surface area contributed by atoms with Crippen LogP contribution in [0.1, 0.15) is 30.7 Å². The quantitative estimate of drug-likeness (QED) is 0.479. The highest BCUT2D eigenvalue weighted by Crippen LogP contribution is 2.29. The van der Waals surface area contributed by atoms with Crippen LogP contribution >= 0.6 is 0 Å². The predicted octanol–water partition coefficient (Wildman–Crippen LogP) is 3.21. The average molecular weight is 463 g/mol. The summed E-state index contributed by atoms with van der Waals surface area (Å²) in [6, 6.07) is 14.4. The van der Waals surface area contributed by atoms with E-state index in [1.807, 2.05) is 50.2 Å². The molecule has 1 saturated heterocycles. The Morgan fingerprint density at radius 2 is 1.74 bits per heavy atom. The van der Waals surface area contributed by atoms with Crippen molar-refractivity contribution in [3.8, 4) is 5.75 Å². The van der Waals surface area contributed by atoms with E-state index in [-0.39, 0.29) is 17.6 Å². The molecule has 0 N–H and O–H groups in total. The molecule has 34 heavy (non-hydrogen) atoms. The van der Waals surface area contributed by atoms with Crippen LogP contribution in [0.2, 0.25) is 0 Å². The summed E-state index contributed by atoms with van der Waals surface area (Å²) in [5.74, 6) is 0.520. The molecule has 4 rings (SSSR count). The van der Waals surface area contributed by atoms with E-state index in [0.717, 1.165) is 11.1 Å². The Bertz CT molecular complexity index is 1230. The third-order valence-corrected chi connectivity index (χ3v) is 6.14. The maximum atomic E-state index is 12.7. The second-order valence-electron chi connectivity index (χ2n) is 8.44. The number of hydrogen-bond donors (Lipinski definition) is 0. The third-order valence-electron chi connectivity index (χ3n) is 6.14. The van der Waals surface area contributed by atoms with Crippen LogP contribution in [0.15, 0.2) is 57.7 Å². The van der Waals surface area contributed by atoms with Crippen molar-refractivity contribution in [3.63, 3.8) is 0 Å². The van der Waals surface area contributed by atoms with Crippen LogP contribution in [0.3, 0.4) is 0 Å². The highest BCUT2D eigenvalue weighted by molar-refractivity contribution is 6.36. The van der Waals surface area contributed by atoms with Crippen LogP contribution < -0.4 is 10.2 Å². The van der Waals surface area contributed by atoms with Crippen molar-refractivity contribution in [1.82, 2.24) is 9.80 Å². The van der Waals surface area contributed by atoms with Crippen LogP contribution in [0, 0.1) is 0 Å². The van der Waals surface area contributed by atoms with E-state index in [9.17, 15) is 14.4 Å². The van der Waals surface area contributed by atoms with Gasteiger partial charge < -0.3 is 14.1 Å². The molecular weight excluding hydrogens is 432 g/mol. The lowest BCUT2D eigenvalue weighted by atomic mass is 10.1.